The number of aryl methyl sites for hydroxylation is 2. The fraction of sp³-hybridized carbons (Fsp3) is 0.476. The largest absolute Gasteiger partial charge is 0.462 e. The minimum absolute atomic E-state index is 0.217. The number of ether oxygens (including phenoxy) is 1. The molecule has 3 rings (SSSR count). The maximum atomic E-state index is 12.9. The number of thiophene rings is 2. The van der Waals surface area contributed by atoms with Crippen molar-refractivity contribution in [3.63, 3.8) is 0 Å². The monoisotopic (exact) mass is 434 g/mol. The van der Waals surface area contributed by atoms with E-state index in [2.05, 4.69) is 10.6 Å². The Morgan fingerprint density at radius 1 is 1.07 bits per heavy atom. The van der Waals surface area contributed by atoms with Gasteiger partial charge >= 0.3 is 5.97 Å². The van der Waals surface area contributed by atoms with Gasteiger partial charge in [0.25, 0.3) is 11.8 Å². The lowest BCUT2D eigenvalue weighted by Crippen LogP contribution is -2.17. The molecule has 0 aromatic carbocycles. The van der Waals surface area contributed by atoms with Crippen LogP contribution in [-0.4, -0.2) is 31.4 Å². The van der Waals surface area contributed by atoms with Crippen molar-refractivity contribution in [3.05, 3.63) is 37.4 Å². The van der Waals surface area contributed by atoms with Gasteiger partial charge in [-0.05, 0) is 56.7 Å². The number of hydrogen-bond acceptors (Lipinski definition) is 6. The number of fused-ring (bicyclic) bond motifs is 1. The maximum absolute atomic E-state index is 12.9. The molecule has 2 N–H and O–H groups in total. The van der Waals surface area contributed by atoms with E-state index in [9.17, 15) is 14.4 Å². The summed E-state index contributed by atoms with van der Waals surface area (Å²) in [5.74, 6) is -1.08. The third-order valence-corrected chi connectivity index (χ3v) is 7.45. The lowest BCUT2D eigenvalue weighted by Gasteiger charge is -2.07. The van der Waals surface area contributed by atoms with Gasteiger partial charge in [-0.15, -0.1) is 22.7 Å². The molecule has 0 saturated heterocycles. The molecule has 2 aromatic heterocycles. The van der Waals surface area contributed by atoms with Crippen LogP contribution in [0.5, 0.6) is 0 Å². The van der Waals surface area contributed by atoms with Gasteiger partial charge in [-0.25, -0.2) is 4.79 Å². The van der Waals surface area contributed by atoms with Crippen molar-refractivity contribution in [2.75, 3.05) is 19.0 Å². The fourth-order valence-corrected chi connectivity index (χ4v) is 5.79. The van der Waals surface area contributed by atoms with Crippen LogP contribution in [0.3, 0.4) is 0 Å². The molecule has 0 bridgehead atoms. The van der Waals surface area contributed by atoms with Gasteiger partial charge < -0.3 is 15.4 Å². The first-order valence-corrected chi connectivity index (χ1v) is 11.5. The first-order chi connectivity index (χ1) is 14.0. The summed E-state index contributed by atoms with van der Waals surface area (Å²) in [6.07, 6.45) is 6.79. The number of hydrogen-bond donors (Lipinski definition) is 2. The quantitative estimate of drug-likeness (QED) is 0.676. The van der Waals surface area contributed by atoms with E-state index >= 15 is 0 Å². The molecule has 8 heteroatoms. The second-order valence-electron chi connectivity index (χ2n) is 6.99. The second kappa shape index (κ2) is 9.54. The average molecular weight is 435 g/mol. The van der Waals surface area contributed by atoms with E-state index in [1.165, 1.54) is 41.7 Å². The average Bonchev–Trinajstić information content (AvgIpc) is 3.22. The third-order valence-electron chi connectivity index (χ3n) is 5.01. The Bertz CT molecular complexity index is 904. The first-order valence-electron chi connectivity index (χ1n) is 9.91. The summed E-state index contributed by atoms with van der Waals surface area (Å²) in [7, 11) is 1.53. The molecule has 0 fully saturated rings. The predicted molar refractivity (Wildman–Crippen MR) is 117 cm³/mol. The molecule has 0 aliphatic heterocycles. The van der Waals surface area contributed by atoms with Crippen molar-refractivity contribution < 1.29 is 19.1 Å². The number of anilines is 1. The summed E-state index contributed by atoms with van der Waals surface area (Å²) < 4.78 is 5.14. The minimum atomic E-state index is -0.537. The van der Waals surface area contributed by atoms with E-state index in [0.717, 1.165) is 37.0 Å². The number of esters is 1. The summed E-state index contributed by atoms with van der Waals surface area (Å²) in [6.45, 7) is 3.63. The Morgan fingerprint density at radius 2 is 1.79 bits per heavy atom. The molecule has 2 heterocycles. The van der Waals surface area contributed by atoms with E-state index in [4.69, 9.17) is 4.74 Å². The molecular formula is C21H26N2O4S2. The van der Waals surface area contributed by atoms with Crippen molar-refractivity contribution in [2.45, 2.75) is 52.4 Å². The van der Waals surface area contributed by atoms with Gasteiger partial charge in [-0.1, -0.05) is 12.8 Å². The molecule has 0 unspecified atom stereocenters. The number of nitrogens with one attached hydrogen (secondary N) is 2. The van der Waals surface area contributed by atoms with Gasteiger partial charge in [0.05, 0.1) is 21.9 Å². The lowest BCUT2D eigenvalue weighted by atomic mass is 10.00. The molecule has 1 aliphatic rings. The van der Waals surface area contributed by atoms with Crippen molar-refractivity contribution >= 4 is 45.5 Å². The molecule has 0 atom stereocenters. The number of carbonyl (C=O) groups excluding carboxylic acids is 3. The van der Waals surface area contributed by atoms with Crippen molar-refractivity contribution in [1.29, 1.82) is 0 Å². The highest BCUT2D eigenvalue weighted by molar-refractivity contribution is 7.19. The summed E-state index contributed by atoms with van der Waals surface area (Å²) in [4.78, 5) is 39.9. The molecule has 2 aromatic rings. The zero-order chi connectivity index (χ0) is 21.0. The zero-order valence-electron chi connectivity index (χ0n) is 17.0. The van der Waals surface area contributed by atoms with E-state index < -0.39 is 5.97 Å². The normalized spacial score (nSPS) is 13.8. The minimum Gasteiger partial charge on any atom is -0.462 e. The Kier molecular flexibility index (Phi) is 7.08. The number of rotatable bonds is 5. The van der Waals surface area contributed by atoms with Gasteiger partial charge in [-0.2, -0.15) is 0 Å². The highest BCUT2D eigenvalue weighted by Gasteiger charge is 2.27. The van der Waals surface area contributed by atoms with Gasteiger partial charge in [-0.3, -0.25) is 9.59 Å². The summed E-state index contributed by atoms with van der Waals surface area (Å²) >= 11 is 2.63. The van der Waals surface area contributed by atoms with E-state index in [-0.39, 0.29) is 24.0 Å². The smallest absolute Gasteiger partial charge is 0.341 e. The van der Waals surface area contributed by atoms with Gasteiger partial charge in [0, 0.05) is 11.9 Å². The molecule has 156 valence electrons. The summed E-state index contributed by atoms with van der Waals surface area (Å²) in [5.41, 5.74) is 2.03. The van der Waals surface area contributed by atoms with Crippen LogP contribution in [0.25, 0.3) is 0 Å². The Hall–Kier alpha value is -2.19. The maximum Gasteiger partial charge on any atom is 0.341 e. The topological polar surface area (TPSA) is 84.5 Å². The van der Waals surface area contributed by atoms with Crippen LogP contribution in [0, 0.1) is 6.92 Å². The lowest BCUT2D eigenvalue weighted by molar-refractivity contribution is 0.0527. The van der Waals surface area contributed by atoms with Crippen LogP contribution in [0.4, 0.5) is 5.00 Å². The van der Waals surface area contributed by atoms with Crippen LogP contribution in [0.15, 0.2) is 6.07 Å². The van der Waals surface area contributed by atoms with Crippen LogP contribution in [0.1, 0.15) is 78.3 Å². The Balaban J connectivity index is 1.90. The van der Waals surface area contributed by atoms with Crippen molar-refractivity contribution in [2.24, 2.45) is 0 Å². The van der Waals surface area contributed by atoms with E-state index in [1.54, 1.807) is 13.8 Å². The van der Waals surface area contributed by atoms with Gasteiger partial charge in [0.15, 0.2) is 0 Å². The van der Waals surface area contributed by atoms with Crippen LogP contribution in [-0.2, 0) is 17.6 Å². The van der Waals surface area contributed by atoms with Gasteiger partial charge in [0.2, 0.25) is 0 Å². The molecule has 0 radical (unpaired) electrons. The highest BCUT2D eigenvalue weighted by Crippen LogP contribution is 2.35. The molecule has 1 aliphatic carbocycles. The summed E-state index contributed by atoms with van der Waals surface area (Å²) in [6, 6.07) is 1.98. The van der Waals surface area contributed by atoms with E-state index in [1.807, 2.05) is 6.07 Å². The van der Waals surface area contributed by atoms with E-state index in [0.29, 0.717) is 20.3 Å². The fourth-order valence-electron chi connectivity index (χ4n) is 3.50. The molecule has 0 spiro atoms. The Morgan fingerprint density at radius 3 is 2.48 bits per heavy atom. The predicted octanol–water partition coefficient (Wildman–Crippen LogP) is 4.57. The Labute approximate surface area is 178 Å². The van der Waals surface area contributed by atoms with Crippen LogP contribution < -0.4 is 10.6 Å². The number of amides is 2. The van der Waals surface area contributed by atoms with Crippen LogP contribution >= 0.6 is 22.7 Å². The van der Waals surface area contributed by atoms with Gasteiger partial charge in [0.1, 0.15) is 5.00 Å². The van der Waals surface area contributed by atoms with Crippen molar-refractivity contribution in [3.8, 4) is 0 Å². The first kappa shape index (κ1) is 21.5. The third kappa shape index (κ3) is 4.70. The molecule has 0 saturated carbocycles. The molecule has 6 nitrogen and oxygen atoms in total. The SMILES string of the molecule is CCOC(=O)c1c(NC(=O)c2cc3c(s2)CCCCCC3)sc(C(=O)NC)c1C. The molecular weight excluding hydrogens is 408 g/mol. The number of carbonyl (C=O) groups is 3. The molecule has 29 heavy (non-hydrogen) atoms. The second-order valence-corrected chi connectivity index (χ2v) is 9.14. The zero-order valence-corrected chi connectivity index (χ0v) is 18.6. The standard InChI is InChI=1S/C21H26N2O4S2/c1-4-27-21(26)16-12(2)17(19(25)22-3)29-20(16)23-18(24)15-11-13-9-7-5-6-8-10-14(13)28-15/h11H,4-10H2,1-3H3,(H,22,25)(H,23,24). The van der Waals surface area contributed by atoms with Crippen LogP contribution in [0.2, 0.25) is 0 Å². The summed E-state index contributed by atoms with van der Waals surface area (Å²) in [5, 5.41) is 5.78. The highest BCUT2D eigenvalue weighted by atomic mass is 32.1. The molecule has 2 amide bonds. The van der Waals surface area contributed by atoms with Crippen molar-refractivity contribution in [1.82, 2.24) is 5.32 Å².